The fraction of sp³-hybridized carbons (Fsp3) is 0.417. The lowest BCUT2D eigenvalue weighted by Crippen LogP contribution is -2.51. The quantitative estimate of drug-likeness (QED) is 0.411. The maximum Gasteiger partial charge on any atom is 0.244 e. The highest BCUT2D eigenvalue weighted by atomic mass is 79.9. The zero-order valence-corrected chi connectivity index (χ0v) is 24.2. The normalized spacial score (nSPS) is 12.4. The Hall–Kier alpha value is -1.81. The van der Waals surface area contributed by atoms with Gasteiger partial charge in [-0.3, -0.25) is 13.9 Å². The van der Waals surface area contributed by atoms with E-state index >= 15 is 0 Å². The van der Waals surface area contributed by atoms with Crippen LogP contribution in [0.4, 0.5) is 5.69 Å². The molecular formula is C24H30BrCl2N3O4S. The van der Waals surface area contributed by atoms with Gasteiger partial charge in [0.2, 0.25) is 21.8 Å². The third-order valence-corrected chi connectivity index (χ3v) is 8.09. The summed E-state index contributed by atoms with van der Waals surface area (Å²) in [5.41, 5.74) is 1.62. The van der Waals surface area contributed by atoms with Crippen molar-refractivity contribution in [2.75, 3.05) is 23.7 Å². The standard InChI is InChI=1S/C24H30BrCl2N3O4S/c1-15(2)12-28-24(32)17(4)29(13-19-21(26)7-6-8-22(19)27)23(31)14-30(35(5,33)34)18-9-10-20(25)16(3)11-18/h6-11,15,17H,12-14H2,1-5H3,(H,28,32)/t17-/m0/s1. The van der Waals surface area contributed by atoms with Crippen LogP contribution in [-0.4, -0.2) is 50.5 Å². The molecule has 0 aliphatic rings. The monoisotopic (exact) mass is 605 g/mol. The van der Waals surface area contributed by atoms with Crippen molar-refractivity contribution >= 4 is 66.7 Å². The highest BCUT2D eigenvalue weighted by Crippen LogP contribution is 2.28. The molecule has 1 atom stereocenters. The summed E-state index contributed by atoms with van der Waals surface area (Å²) in [6.45, 7) is 7.21. The van der Waals surface area contributed by atoms with Gasteiger partial charge in [-0.25, -0.2) is 8.42 Å². The number of anilines is 1. The first-order valence-corrected chi connectivity index (χ1v) is 14.4. The van der Waals surface area contributed by atoms with Crippen LogP contribution in [0.15, 0.2) is 40.9 Å². The number of nitrogens with one attached hydrogen (secondary N) is 1. The molecule has 0 aromatic heterocycles. The summed E-state index contributed by atoms with van der Waals surface area (Å²) in [5, 5.41) is 3.51. The van der Waals surface area contributed by atoms with Crippen LogP contribution in [0, 0.1) is 12.8 Å². The van der Waals surface area contributed by atoms with E-state index < -0.39 is 28.5 Å². The Morgan fingerprint density at radius 1 is 1.09 bits per heavy atom. The van der Waals surface area contributed by atoms with Gasteiger partial charge in [0.1, 0.15) is 12.6 Å². The van der Waals surface area contributed by atoms with Crippen LogP contribution < -0.4 is 9.62 Å². The number of sulfonamides is 1. The SMILES string of the molecule is Cc1cc(N(CC(=O)N(Cc2c(Cl)cccc2Cl)[C@@H](C)C(=O)NCC(C)C)S(C)(=O)=O)ccc1Br. The number of carbonyl (C=O) groups excluding carboxylic acids is 2. The summed E-state index contributed by atoms with van der Waals surface area (Å²) in [4.78, 5) is 27.8. The minimum atomic E-state index is -3.81. The van der Waals surface area contributed by atoms with Crippen LogP contribution in [0.1, 0.15) is 31.9 Å². The fourth-order valence-corrected chi connectivity index (χ4v) is 4.89. The molecular weight excluding hydrogens is 577 g/mol. The predicted octanol–water partition coefficient (Wildman–Crippen LogP) is 5.02. The van der Waals surface area contributed by atoms with Gasteiger partial charge in [-0.1, -0.05) is 59.0 Å². The topological polar surface area (TPSA) is 86.8 Å². The van der Waals surface area contributed by atoms with Crippen LogP contribution in [0.2, 0.25) is 10.0 Å². The number of aryl methyl sites for hydroxylation is 1. The maximum absolute atomic E-state index is 13.6. The van der Waals surface area contributed by atoms with Gasteiger partial charge in [-0.2, -0.15) is 0 Å². The third kappa shape index (κ3) is 8.10. The minimum absolute atomic E-state index is 0.0649. The largest absolute Gasteiger partial charge is 0.354 e. The second-order valence-electron chi connectivity index (χ2n) is 8.74. The third-order valence-electron chi connectivity index (χ3n) is 5.35. The van der Waals surface area contributed by atoms with Crippen LogP contribution in [-0.2, 0) is 26.2 Å². The van der Waals surface area contributed by atoms with Gasteiger partial charge >= 0.3 is 0 Å². The number of halogens is 3. The Bertz CT molecular complexity index is 1170. The van der Waals surface area contributed by atoms with E-state index in [1.807, 2.05) is 20.8 Å². The molecule has 11 heteroatoms. The fourth-order valence-electron chi connectivity index (χ4n) is 3.29. The first-order chi connectivity index (χ1) is 16.2. The Balaban J connectivity index is 2.45. The molecule has 0 aliphatic heterocycles. The van der Waals surface area contributed by atoms with Gasteiger partial charge in [-0.15, -0.1) is 0 Å². The molecule has 2 rings (SSSR count). The summed E-state index contributed by atoms with van der Waals surface area (Å²) in [6, 6.07) is 9.06. The summed E-state index contributed by atoms with van der Waals surface area (Å²) in [5.74, 6) is -0.713. The van der Waals surface area contributed by atoms with Gasteiger partial charge in [0.25, 0.3) is 0 Å². The Labute approximate surface area is 225 Å². The van der Waals surface area contributed by atoms with E-state index in [1.54, 1.807) is 43.3 Å². The van der Waals surface area contributed by atoms with Gasteiger partial charge in [0.05, 0.1) is 11.9 Å². The molecule has 7 nitrogen and oxygen atoms in total. The van der Waals surface area contributed by atoms with Crippen molar-refractivity contribution in [1.29, 1.82) is 0 Å². The number of amides is 2. The predicted molar refractivity (Wildman–Crippen MR) is 145 cm³/mol. The first-order valence-electron chi connectivity index (χ1n) is 11.0. The van der Waals surface area contributed by atoms with E-state index in [1.165, 1.54) is 4.90 Å². The van der Waals surface area contributed by atoms with Crippen LogP contribution >= 0.6 is 39.1 Å². The van der Waals surface area contributed by atoms with E-state index in [0.717, 1.165) is 20.6 Å². The number of benzene rings is 2. The molecule has 2 aromatic rings. The van der Waals surface area contributed by atoms with Gasteiger partial charge < -0.3 is 10.2 Å². The van der Waals surface area contributed by atoms with Crippen molar-refractivity contribution in [3.8, 4) is 0 Å². The minimum Gasteiger partial charge on any atom is -0.354 e. The molecule has 0 saturated carbocycles. The molecule has 35 heavy (non-hydrogen) atoms. The van der Waals surface area contributed by atoms with E-state index in [0.29, 0.717) is 27.8 Å². The summed E-state index contributed by atoms with van der Waals surface area (Å²) in [7, 11) is -3.81. The average molecular weight is 607 g/mol. The van der Waals surface area contributed by atoms with Crippen molar-refractivity contribution in [3.63, 3.8) is 0 Å². The summed E-state index contributed by atoms with van der Waals surface area (Å²) < 4.78 is 27.1. The van der Waals surface area contributed by atoms with E-state index in [-0.39, 0.29) is 18.4 Å². The molecule has 0 unspecified atom stereocenters. The highest BCUT2D eigenvalue weighted by Gasteiger charge is 2.31. The van der Waals surface area contributed by atoms with Crippen LogP contribution in [0.5, 0.6) is 0 Å². The molecule has 2 amide bonds. The number of nitrogens with zero attached hydrogens (tertiary/aromatic N) is 2. The molecule has 1 N–H and O–H groups in total. The van der Waals surface area contributed by atoms with Crippen LogP contribution in [0.3, 0.4) is 0 Å². The number of hydrogen-bond donors (Lipinski definition) is 1. The Morgan fingerprint density at radius 2 is 1.69 bits per heavy atom. The average Bonchev–Trinajstić information content (AvgIpc) is 2.76. The zero-order chi connectivity index (χ0) is 26.5. The molecule has 2 aromatic carbocycles. The van der Waals surface area contributed by atoms with Gasteiger partial charge in [0, 0.05) is 33.2 Å². The van der Waals surface area contributed by atoms with Crippen molar-refractivity contribution in [2.45, 2.75) is 40.3 Å². The molecule has 0 radical (unpaired) electrons. The van der Waals surface area contributed by atoms with E-state index in [4.69, 9.17) is 23.2 Å². The highest BCUT2D eigenvalue weighted by molar-refractivity contribution is 9.10. The number of rotatable bonds is 10. The molecule has 0 saturated heterocycles. The molecule has 192 valence electrons. The number of carbonyl (C=O) groups is 2. The van der Waals surface area contributed by atoms with Crippen molar-refractivity contribution in [2.24, 2.45) is 5.92 Å². The number of hydrogen-bond acceptors (Lipinski definition) is 4. The second kappa shape index (κ2) is 12.4. The second-order valence-corrected chi connectivity index (χ2v) is 12.3. The molecule has 0 heterocycles. The summed E-state index contributed by atoms with van der Waals surface area (Å²) in [6.07, 6.45) is 1.03. The maximum atomic E-state index is 13.6. The summed E-state index contributed by atoms with van der Waals surface area (Å²) >= 11 is 16.1. The molecule has 0 aliphatic carbocycles. The first kappa shape index (κ1) is 29.4. The Morgan fingerprint density at radius 3 is 2.20 bits per heavy atom. The Kier molecular flexibility index (Phi) is 10.4. The van der Waals surface area contributed by atoms with Crippen molar-refractivity contribution < 1.29 is 18.0 Å². The van der Waals surface area contributed by atoms with Crippen molar-refractivity contribution in [3.05, 3.63) is 62.0 Å². The van der Waals surface area contributed by atoms with E-state index in [2.05, 4.69) is 21.2 Å². The van der Waals surface area contributed by atoms with Gasteiger partial charge in [0.15, 0.2) is 0 Å². The van der Waals surface area contributed by atoms with E-state index in [9.17, 15) is 18.0 Å². The van der Waals surface area contributed by atoms with Crippen LogP contribution in [0.25, 0.3) is 0 Å². The van der Waals surface area contributed by atoms with Crippen molar-refractivity contribution in [1.82, 2.24) is 10.2 Å². The smallest absolute Gasteiger partial charge is 0.244 e. The lowest BCUT2D eigenvalue weighted by atomic mass is 10.1. The molecule has 0 spiro atoms. The zero-order valence-electron chi connectivity index (χ0n) is 20.3. The van der Waals surface area contributed by atoms with Gasteiger partial charge in [-0.05, 0) is 55.7 Å². The lowest BCUT2D eigenvalue weighted by Gasteiger charge is -2.32. The molecule has 0 fully saturated rings. The lowest BCUT2D eigenvalue weighted by molar-refractivity contribution is -0.139. The molecule has 0 bridgehead atoms.